The first-order valence-electron chi connectivity index (χ1n) is 5.96. The number of anilines is 1. The summed E-state index contributed by atoms with van der Waals surface area (Å²) in [7, 11) is 0. The third-order valence-corrected chi connectivity index (χ3v) is 3.20. The van der Waals surface area contributed by atoms with Gasteiger partial charge in [-0.1, -0.05) is 0 Å². The van der Waals surface area contributed by atoms with Gasteiger partial charge in [0.15, 0.2) is 0 Å². The zero-order valence-corrected chi connectivity index (χ0v) is 9.72. The van der Waals surface area contributed by atoms with Crippen LogP contribution in [0.3, 0.4) is 0 Å². The van der Waals surface area contributed by atoms with Gasteiger partial charge in [0.25, 0.3) is 0 Å². The second kappa shape index (κ2) is 5.30. The van der Waals surface area contributed by atoms with Gasteiger partial charge in [0.1, 0.15) is 5.82 Å². The molecule has 1 aliphatic rings. The van der Waals surface area contributed by atoms with Crippen molar-refractivity contribution in [2.24, 2.45) is 5.92 Å². The van der Waals surface area contributed by atoms with Crippen molar-refractivity contribution in [3.8, 4) is 0 Å². The molecule has 0 amide bonds. The van der Waals surface area contributed by atoms with Crippen molar-refractivity contribution in [1.82, 2.24) is 5.32 Å². The average molecular weight is 222 g/mol. The largest absolute Gasteiger partial charge is 0.385 e. The number of aryl methyl sites for hydroxylation is 1. The fourth-order valence-electron chi connectivity index (χ4n) is 2.14. The van der Waals surface area contributed by atoms with Crippen LogP contribution in [-0.2, 0) is 0 Å². The van der Waals surface area contributed by atoms with Crippen molar-refractivity contribution in [1.29, 1.82) is 0 Å². The monoisotopic (exact) mass is 222 g/mol. The van der Waals surface area contributed by atoms with Gasteiger partial charge >= 0.3 is 0 Å². The minimum Gasteiger partial charge on any atom is -0.385 e. The van der Waals surface area contributed by atoms with Gasteiger partial charge in [-0.2, -0.15) is 0 Å². The molecule has 3 heteroatoms. The molecule has 1 aromatic carbocycles. The van der Waals surface area contributed by atoms with Crippen LogP contribution in [0.4, 0.5) is 10.1 Å². The lowest BCUT2D eigenvalue weighted by atomic mass is 10.1. The summed E-state index contributed by atoms with van der Waals surface area (Å²) in [5.41, 5.74) is 1.72. The minimum atomic E-state index is -0.134. The number of halogens is 1. The molecule has 1 fully saturated rings. The predicted molar refractivity (Wildman–Crippen MR) is 65.2 cm³/mol. The zero-order valence-electron chi connectivity index (χ0n) is 9.72. The summed E-state index contributed by atoms with van der Waals surface area (Å²) in [6.45, 7) is 5.06. The highest BCUT2D eigenvalue weighted by Crippen LogP contribution is 2.15. The summed E-state index contributed by atoms with van der Waals surface area (Å²) in [4.78, 5) is 0. The Hall–Kier alpha value is -1.09. The number of benzene rings is 1. The minimum absolute atomic E-state index is 0.134. The average Bonchev–Trinajstić information content (AvgIpc) is 2.76. The topological polar surface area (TPSA) is 24.1 Å². The van der Waals surface area contributed by atoms with Gasteiger partial charge in [0.05, 0.1) is 0 Å². The molecule has 1 aromatic rings. The molecule has 1 heterocycles. The van der Waals surface area contributed by atoms with Crippen molar-refractivity contribution in [2.75, 3.05) is 25.0 Å². The van der Waals surface area contributed by atoms with Gasteiger partial charge in [-0.05, 0) is 62.5 Å². The molecule has 1 atom stereocenters. The standard InChI is InChI=1S/C13H19FN2/c1-10-8-12(2-3-13(10)14)16-7-5-11-4-6-15-9-11/h2-3,8,11,15-16H,4-7,9H2,1H3. The van der Waals surface area contributed by atoms with Gasteiger partial charge in [0.2, 0.25) is 0 Å². The van der Waals surface area contributed by atoms with Crippen LogP contribution in [0.15, 0.2) is 18.2 Å². The Balaban J connectivity index is 1.78. The second-order valence-corrected chi connectivity index (χ2v) is 4.54. The molecule has 0 radical (unpaired) electrons. The Morgan fingerprint density at radius 3 is 3.06 bits per heavy atom. The molecule has 2 nitrogen and oxygen atoms in total. The maximum Gasteiger partial charge on any atom is 0.126 e. The predicted octanol–water partition coefficient (Wildman–Crippen LogP) is 2.55. The highest BCUT2D eigenvalue weighted by Gasteiger charge is 2.13. The van der Waals surface area contributed by atoms with Crippen LogP contribution in [0.1, 0.15) is 18.4 Å². The number of hydrogen-bond acceptors (Lipinski definition) is 2. The Morgan fingerprint density at radius 1 is 1.50 bits per heavy atom. The van der Waals surface area contributed by atoms with E-state index in [1.807, 2.05) is 6.07 Å². The molecule has 1 unspecified atom stereocenters. The van der Waals surface area contributed by atoms with Gasteiger partial charge in [-0.3, -0.25) is 0 Å². The third kappa shape index (κ3) is 2.95. The highest BCUT2D eigenvalue weighted by molar-refractivity contribution is 5.45. The van der Waals surface area contributed by atoms with Gasteiger partial charge in [-0.25, -0.2) is 4.39 Å². The smallest absolute Gasteiger partial charge is 0.126 e. The van der Waals surface area contributed by atoms with Crippen molar-refractivity contribution in [3.63, 3.8) is 0 Å². The quantitative estimate of drug-likeness (QED) is 0.818. The molecule has 2 rings (SSSR count). The summed E-state index contributed by atoms with van der Waals surface area (Å²) in [5, 5.41) is 6.71. The summed E-state index contributed by atoms with van der Waals surface area (Å²) >= 11 is 0. The summed E-state index contributed by atoms with van der Waals surface area (Å²) < 4.78 is 13.0. The van der Waals surface area contributed by atoms with Crippen LogP contribution in [0.2, 0.25) is 0 Å². The van der Waals surface area contributed by atoms with E-state index >= 15 is 0 Å². The number of hydrogen-bond donors (Lipinski definition) is 2. The summed E-state index contributed by atoms with van der Waals surface area (Å²) in [6, 6.07) is 5.19. The first kappa shape index (κ1) is 11.4. The fourth-order valence-corrected chi connectivity index (χ4v) is 2.14. The molecule has 0 bridgehead atoms. The molecule has 1 aliphatic heterocycles. The SMILES string of the molecule is Cc1cc(NCCC2CCNC2)ccc1F. The summed E-state index contributed by atoms with van der Waals surface area (Å²) in [5.74, 6) is 0.666. The van der Waals surface area contributed by atoms with Gasteiger partial charge in [0, 0.05) is 12.2 Å². The Kier molecular flexibility index (Phi) is 3.78. The molecule has 88 valence electrons. The second-order valence-electron chi connectivity index (χ2n) is 4.54. The lowest BCUT2D eigenvalue weighted by Crippen LogP contribution is -2.12. The first-order chi connectivity index (χ1) is 7.75. The highest BCUT2D eigenvalue weighted by atomic mass is 19.1. The maximum atomic E-state index is 13.0. The molecular formula is C13H19FN2. The zero-order chi connectivity index (χ0) is 11.4. The van der Waals surface area contributed by atoms with Crippen LogP contribution in [-0.4, -0.2) is 19.6 Å². The van der Waals surface area contributed by atoms with E-state index in [1.54, 1.807) is 13.0 Å². The van der Waals surface area contributed by atoms with E-state index in [0.717, 1.165) is 31.2 Å². The molecule has 16 heavy (non-hydrogen) atoms. The third-order valence-electron chi connectivity index (χ3n) is 3.20. The Labute approximate surface area is 96.2 Å². The lowest BCUT2D eigenvalue weighted by molar-refractivity contribution is 0.549. The lowest BCUT2D eigenvalue weighted by Gasteiger charge is -2.10. The fraction of sp³-hybridized carbons (Fsp3) is 0.538. The van der Waals surface area contributed by atoms with Crippen LogP contribution in [0, 0.1) is 18.7 Å². The van der Waals surface area contributed by atoms with Gasteiger partial charge < -0.3 is 10.6 Å². The summed E-state index contributed by atoms with van der Waals surface area (Å²) in [6.07, 6.45) is 2.47. The molecule has 2 N–H and O–H groups in total. The number of rotatable bonds is 4. The molecule has 0 saturated carbocycles. The van der Waals surface area contributed by atoms with Crippen molar-refractivity contribution in [3.05, 3.63) is 29.6 Å². The maximum absolute atomic E-state index is 13.0. The van der Waals surface area contributed by atoms with Crippen LogP contribution in [0.5, 0.6) is 0 Å². The van der Waals surface area contributed by atoms with E-state index < -0.39 is 0 Å². The van der Waals surface area contributed by atoms with Gasteiger partial charge in [-0.15, -0.1) is 0 Å². The molecule has 0 aromatic heterocycles. The van der Waals surface area contributed by atoms with E-state index in [0.29, 0.717) is 5.56 Å². The van der Waals surface area contributed by atoms with Crippen LogP contribution >= 0.6 is 0 Å². The van der Waals surface area contributed by atoms with Crippen LogP contribution in [0.25, 0.3) is 0 Å². The van der Waals surface area contributed by atoms with E-state index in [2.05, 4.69) is 10.6 Å². The van der Waals surface area contributed by atoms with Crippen molar-refractivity contribution < 1.29 is 4.39 Å². The molecule has 0 aliphatic carbocycles. The van der Waals surface area contributed by atoms with Crippen LogP contribution < -0.4 is 10.6 Å². The van der Waals surface area contributed by atoms with E-state index in [1.165, 1.54) is 18.9 Å². The number of nitrogens with one attached hydrogen (secondary N) is 2. The van der Waals surface area contributed by atoms with E-state index in [4.69, 9.17) is 0 Å². The first-order valence-corrected chi connectivity index (χ1v) is 5.96. The Morgan fingerprint density at radius 2 is 2.38 bits per heavy atom. The molecule has 1 saturated heterocycles. The molecular weight excluding hydrogens is 203 g/mol. The Bertz CT molecular complexity index is 346. The van der Waals surface area contributed by atoms with E-state index in [-0.39, 0.29) is 5.82 Å². The molecule has 0 spiro atoms. The van der Waals surface area contributed by atoms with Crippen molar-refractivity contribution >= 4 is 5.69 Å². The van der Waals surface area contributed by atoms with E-state index in [9.17, 15) is 4.39 Å². The normalized spacial score (nSPS) is 20.0. The van der Waals surface area contributed by atoms with Crippen molar-refractivity contribution in [2.45, 2.75) is 19.8 Å².